The SMILES string of the molecule is CCOC(=O)C1CC(Nc2n[nH]c(C)n2)C1. The maximum atomic E-state index is 11.3. The van der Waals surface area contributed by atoms with E-state index in [0.717, 1.165) is 18.7 Å². The van der Waals surface area contributed by atoms with Gasteiger partial charge in [0.15, 0.2) is 0 Å². The number of H-pyrrole nitrogens is 1. The number of hydrogen-bond acceptors (Lipinski definition) is 5. The minimum absolute atomic E-state index is 0.0393. The molecule has 16 heavy (non-hydrogen) atoms. The summed E-state index contributed by atoms with van der Waals surface area (Å²) in [6.45, 7) is 4.12. The molecule has 0 aromatic carbocycles. The Bertz CT molecular complexity index is 371. The van der Waals surface area contributed by atoms with Gasteiger partial charge < -0.3 is 10.1 Å². The smallest absolute Gasteiger partial charge is 0.309 e. The van der Waals surface area contributed by atoms with Gasteiger partial charge in [0.05, 0.1) is 12.5 Å². The molecule has 6 nitrogen and oxygen atoms in total. The molecule has 0 saturated heterocycles. The Morgan fingerprint density at radius 2 is 2.38 bits per heavy atom. The van der Waals surface area contributed by atoms with E-state index in [0.29, 0.717) is 12.6 Å². The summed E-state index contributed by atoms with van der Waals surface area (Å²) < 4.78 is 4.94. The van der Waals surface area contributed by atoms with Crippen LogP contribution in [0.2, 0.25) is 0 Å². The second kappa shape index (κ2) is 4.51. The molecule has 1 aliphatic carbocycles. The largest absolute Gasteiger partial charge is 0.466 e. The lowest BCUT2D eigenvalue weighted by molar-refractivity contribution is -0.151. The number of esters is 1. The van der Waals surface area contributed by atoms with Crippen LogP contribution in [-0.4, -0.2) is 33.8 Å². The van der Waals surface area contributed by atoms with Crippen molar-refractivity contribution < 1.29 is 9.53 Å². The van der Waals surface area contributed by atoms with E-state index in [-0.39, 0.29) is 17.9 Å². The minimum Gasteiger partial charge on any atom is -0.466 e. The summed E-state index contributed by atoms with van der Waals surface area (Å²) in [5.41, 5.74) is 0. The van der Waals surface area contributed by atoms with Crippen LogP contribution in [0.1, 0.15) is 25.6 Å². The number of nitrogens with one attached hydrogen (secondary N) is 2. The molecule has 1 aliphatic rings. The summed E-state index contributed by atoms with van der Waals surface area (Å²) in [6.07, 6.45) is 1.60. The fraction of sp³-hybridized carbons (Fsp3) is 0.700. The number of anilines is 1. The number of nitrogens with zero attached hydrogens (tertiary/aromatic N) is 2. The first-order chi connectivity index (χ1) is 7.69. The number of aromatic nitrogens is 3. The highest BCUT2D eigenvalue weighted by Gasteiger charge is 2.35. The molecule has 2 N–H and O–H groups in total. The first kappa shape index (κ1) is 10.9. The predicted octanol–water partition coefficient (Wildman–Crippen LogP) is 0.867. The van der Waals surface area contributed by atoms with Gasteiger partial charge in [0, 0.05) is 6.04 Å². The first-order valence-corrected chi connectivity index (χ1v) is 5.51. The van der Waals surface area contributed by atoms with Crippen LogP contribution in [0.4, 0.5) is 5.95 Å². The highest BCUT2D eigenvalue weighted by Crippen LogP contribution is 2.30. The molecular formula is C10H16N4O2. The molecule has 1 heterocycles. The quantitative estimate of drug-likeness (QED) is 0.742. The van der Waals surface area contributed by atoms with E-state index in [1.165, 1.54) is 0 Å². The summed E-state index contributed by atoms with van der Waals surface area (Å²) in [4.78, 5) is 15.5. The fourth-order valence-corrected chi connectivity index (χ4v) is 1.78. The molecule has 0 atom stereocenters. The Hall–Kier alpha value is -1.59. The van der Waals surface area contributed by atoms with Crippen molar-refractivity contribution in [3.05, 3.63) is 5.82 Å². The minimum atomic E-state index is -0.0910. The molecule has 0 radical (unpaired) electrons. The summed E-state index contributed by atoms with van der Waals surface area (Å²) in [5, 5.41) is 9.91. The summed E-state index contributed by atoms with van der Waals surface area (Å²) in [7, 11) is 0. The van der Waals surface area contributed by atoms with Crippen molar-refractivity contribution in [2.24, 2.45) is 5.92 Å². The molecule has 1 aromatic rings. The van der Waals surface area contributed by atoms with Gasteiger partial charge in [-0.15, -0.1) is 5.10 Å². The molecule has 88 valence electrons. The topological polar surface area (TPSA) is 79.9 Å². The number of carbonyl (C=O) groups excluding carboxylic acids is 1. The second-order valence-corrected chi connectivity index (χ2v) is 4.01. The van der Waals surface area contributed by atoms with Crippen molar-refractivity contribution >= 4 is 11.9 Å². The molecule has 0 spiro atoms. The lowest BCUT2D eigenvalue weighted by Crippen LogP contribution is -2.40. The molecule has 0 bridgehead atoms. The van der Waals surface area contributed by atoms with Gasteiger partial charge in [0.2, 0.25) is 5.95 Å². The Morgan fingerprint density at radius 1 is 1.62 bits per heavy atom. The molecule has 0 aliphatic heterocycles. The van der Waals surface area contributed by atoms with E-state index < -0.39 is 0 Å². The van der Waals surface area contributed by atoms with Gasteiger partial charge >= 0.3 is 5.97 Å². The standard InChI is InChI=1S/C10H16N4O2/c1-3-16-9(15)7-4-8(5-7)12-10-11-6(2)13-14-10/h7-8H,3-5H2,1-2H3,(H2,11,12,13,14). The Labute approximate surface area is 93.8 Å². The van der Waals surface area contributed by atoms with E-state index in [1.54, 1.807) is 0 Å². The Morgan fingerprint density at radius 3 is 2.94 bits per heavy atom. The number of aryl methyl sites for hydroxylation is 1. The van der Waals surface area contributed by atoms with Gasteiger partial charge in [-0.2, -0.15) is 4.98 Å². The number of carbonyl (C=O) groups is 1. The van der Waals surface area contributed by atoms with Gasteiger partial charge in [-0.3, -0.25) is 9.89 Å². The van der Waals surface area contributed by atoms with E-state index in [4.69, 9.17) is 4.74 Å². The summed E-state index contributed by atoms with van der Waals surface area (Å²) >= 11 is 0. The van der Waals surface area contributed by atoms with Gasteiger partial charge in [-0.1, -0.05) is 0 Å². The molecule has 2 rings (SSSR count). The maximum absolute atomic E-state index is 11.3. The van der Waals surface area contributed by atoms with Crippen molar-refractivity contribution in [1.82, 2.24) is 15.2 Å². The molecule has 0 amide bonds. The average Bonchev–Trinajstić information content (AvgIpc) is 2.57. The average molecular weight is 224 g/mol. The van der Waals surface area contributed by atoms with Crippen LogP contribution >= 0.6 is 0 Å². The lowest BCUT2D eigenvalue weighted by Gasteiger charge is -2.33. The predicted molar refractivity (Wildman–Crippen MR) is 57.9 cm³/mol. The summed E-state index contributed by atoms with van der Waals surface area (Å²) in [5.74, 6) is 1.33. The van der Waals surface area contributed by atoms with Crippen LogP contribution in [0.5, 0.6) is 0 Å². The van der Waals surface area contributed by atoms with E-state index >= 15 is 0 Å². The van der Waals surface area contributed by atoms with Crippen LogP contribution in [-0.2, 0) is 9.53 Å². The second-order valence-electron chi connectivity index (χ2n) is 4.01. The van der Waals surface area contributed by atoms with Gasteiger partial charge in [-0.05, 0) is 26.7 Å². The van der Waals surface area contributed by atoms with Crippen LogP contribution < -0.4 is 5.32 Å². The Kier molecular flexibility index (Phi) is 3.07. The van der Waals surface area contributed by atoms with Crippen molar-refractivity contribution in [3.8, 4) is 0 Å². The van der Waals surface area contributed by atoms with Crippen molar-refractivity contribution in [2.45, 2.75) is 32.7 Å². The third-order valence-electron chi connectivity index (χ3n) is 2.69. The number of hydrogen-bond donors (Lipinski definition) is 2. The fourth-order valence-electron chi connectivity index (χ4n) is 1.78. The van der Waals surface area contributed by atoms with E-state index in [2.05, 4.69) is 20.5 Å². The lowest BCUT2D eigenvalue weighted by atomic mass is 9.80. The van der Waals surface area contributed by atoms with Crippen molar-refractivity contribution in [3.63, 3.8) is 0 Å². The van der Waals surface area contributed by atoms with Crippen LogP contribution in [0, 0.1) is 12.8 Å². The number of ether oxygens (including phenoxy) is 1. The highest BCUT2D eigenvalue weighted by atomic mass is 16.5. The monoisotopic (exact) mass is 224 g/mol. The molecule has 1 saturated carbocycles. The number of aromatic amines is 1. The van der Waals surface area contributed by atoms with Crippen molar-refractivity contribution in [2.75, 3.05) is 11.9 Å². The maximum Gasteiger partial charge on any atom is 0.309 e. The van der Waals surface area contributed by atoms with E-state index in [1.807, 2.05) is 13.8 Å². The third-order valence-corrected chi connectivity index (χ3v) is 2.69. The van der Waals surface area contributed by atoms with Gasteiger partial charge in [0.25, 0.3) is 0 Å². The Balaban J connectivity index is 1.74. The van der Waals surface area contributed by atoms with E-state index in [9.17, 15) is 4.79 Å². The third kappa shape index (κ3) is 2.32. The summed E-state index contributed by atoms with van der Waals surface area (Å²) in [6, 6.07) is 0.282. The van der Waals surface area contributed by atoms with Gasteiger partial charge in [-0.25, -0.2) is 0 Å². The highest BCUT2D eigenvalue weighted by molar-refractivity contribution is 5.73. The molecule has 1 fully saturated rings. The van der Waals surface area contributed by atoms with Gasteiger partial charge in [0.1, 0.15) is 5.82 Å². The molecule has 6 heteroatoms. The zero-order valence-corrected chi connectivity index (χ0v) is 9.49. The number of rotatable bonds is 4. The molecule has 1 aromatic heterocycles. The van der Waals surface area contributed by atoms with Crippen molar-refractivity contribution in [1.29, 1.82) is 0 Å². The normalized spacial score (nSPS) is 23.6. The zero-order chi connectivity index (χ0) is 11.5. The van der Waals surface area contributed by atoms with Crippen LogP contribution in [0.15, 0.2) is 0 Å². The van der Waals surface area contributed by atoms with Crippen LogP contribution in [0.3, 0.4) is 0 Å². The first-order valence-electron chi connectivity index (χ1n) is 5.51. The zero-order valence-electron chi connectivity index (χ0n) is 9.49. The molecule has 0 unspecified atom stereocenters. The van der Waals surface area contributed by atoms with Crippen LogP contribution in [0.25, 0.3) is 0 Å². The molecular weight excluding hydrogens is 208 g/mol.